The highest BCUT2D eigenvalue weighted by molar-refractivity contribution is 9.10. The normalized spacial score (nSPS) is 10.6. The number of fused-ring (bicyclic) bond motifs is 1. The Morgan fingerprint density at radius 3 is 2.90 bits per heavy atom. The third kappa shape index (κ3) is 2.85. The number of anilines is 2. The second-order valence-corrected chi connectivity index (χ2v) is 5.33. The van der Waals surface area contributed by atoms with Crippen molar-refractivity contribution in [1.29, 1.82) is 0 Å². The van der Waals surface area contributed by atoms with Gasteiger partial charge in [0.05, 0.1) is 29.6 Å². The maximum absolute atomic E-state index is 11.7. The fraction of sp³-hybridized carbons (Fsp3) is 0.286. The van der Waals surface area contributed by atoms with E-state index in [0.717, 1.165) is 21.1 Å². The minimum atomic E-state index is -0.0498. The Kier molecular flexibility index (Phi) is 4.44. The molecule has 0 radical (unpaired) electrons. The van der Waals surface area contributed by atoms with Crippen molar-refractivity contribution in [3.8, 4) is 0 Å². The highest BCUT2D eigenvalue weighted by Gasteiger charge is 2.16. The van der Waals surface area contributed by atoms with Crippen molar-refractivity contribution < 1.29 is 4.79 Å². The van der Waals surface area contributed by atoms with Crippen LogP contribution in [0.4, 0.5) is 11.4 Å². The van der Waals surface area contributed by atoms with Gasteiger partial charge < -0.3 is 16.0 Å². The monoisotopic (exact) mass is 336 g/mol. The van der Waals surface area contributed by atoms with Crippen LogP contribution in [0.3, 0.4) is 0 Å². The van der Waals surface area contributed by atoms with Crippen LogP contribution in [0.15, 0.2) is 28.9 Å². The van der Waals surface area contributed by atoms with Crippen LogP contribution >= 0.6 is 15.9 Å². The first-order valence-corrected chi connectivity index (χ1v) is 7.15. The maximum atomic E-state index is 11.7. The molecule has 20 heavy (non-hydrogen) atoms. The summed E-state index contributed by atoms with van der Waals surface area (Å²) in [6.45, 7) is 2.94. The average molecular weight is 337 g/mol. The van der Waals surface area contributed by atoms with Gasteiger partial charge in [-0.25, -0.2) is 0 Å². The number of halogens is 1. The molecule has 0 saturated heterocycles. The van der Waals surface area contributed by atoms with Crippen molar-refractivity contribution >= 4 is 44.1 Å². The third-order valence-electron chi connectivity index (χ3n) is 3.14. The molecule has 6 heteroatoms. The predicted octanol–water partition coefficient (Wildman–Crippen LogP) is 2.15. The minimum Gasteiger partial charge on any atom is -0.396 e. The largest absolute Gasteiger partial charge is 0.396 e. The lowest BCUT2D eigenvalue weighted by molar-refractivity contribution is -0.119. The van der Waals surface area contributed by atoms with Gasteiger partial charge in [-0.1, -0.05) is 15.9 Å². The van der Waals surface area contributed by atoms with Gasteiger partial charge in [-0.05, 0) is 25.1 Å². The first kappa shape index (κ1) is 14.6. The number of nitrogens with zero attached hydrogens (tertiary/aromatic N) is 2. The number of carbonyl (C=O) groups excluding carboxylic acids is 1. The zero-order chi connectivity index (χ0) is 14.7. The highest BCUT2D eigenvalue weighted by atomic mass is 79.9. The Morgan fingerprint density at radius 2 is 2.25 bits per heavy atom. The van der Waals surface area contributed by atoms with Crippen LogP contribution in [0.1, 0.15) is 6.92 Å². The molecule has 0 aliphatic heterocycles. The summed E-state index contributed by atoms with van der Waals surface area (Å²) in [4.78, 5) is 17.9. The molecule has 0 fully saturated rings. The number of nitrogen functional groups attached to an aromatic ring is 1. The molecule has 0 atom stereocenters. The Balaban J connectivity index is 2.57. The van der Waals surface area contributed by atoms with Crippen molar-refractivity contribution in [1.82, 2.24) is 10.3 Å². The van der Waals surface area contributed by atoms with Gasteiger partial charge in [0.2, 0.25) is 5.91 Å². The number of pyridine rings is 1. The Morgan fingerprint density at radius 1 is 1.50 bits per heavy atom. The second-order valence-electron chi connectivity index (χ2n) is 4.41. The summed E-state index contributed by atoms with van der Waals surface area (Å²) in [7, 11) is 1.63. The molecule has 1 aromatic heterocycles. The SMILES string of the molecule is CCN(CC(=O)NC)c1c(N)cnc2ccc(Br)cc12. The van der Waals surface area contributed by atoms with E-state index >= 15 is 0 Å². The van der Waals surface area contributed by atoms with Crippen LogP contribution in [-0.2, 0) is 4.79 Å². The van der Waals surface area contributed by atoms with Gasteiger partial charge in [0.1, 0.15) is 0 Å². The number of carbonyl (C=O) groups is 1. The molecule has 1 heterocycles. The zero-order valence-electron chi connectivity index (χ0n) is 11.5. The van der Waals surface area contributed by atoms with Gasteiger partial charge in [0, 0.05) is 23.5 Å². The van der Waals surface area contributed by atoms with Crippen molar-refractivity contribution in [3.63, 3.8) is 0 Å². The summed E-state index contributed by atoms with van der Waals surface area (Å²) >= 11 is 3.46. The van der Waals surface area contributed by atoms with Crippen LogP contribution in [0, 0.1) is 0 Å². The van der Waals surface area contributed by atoms with Gasteiger partial charge >= 0.3 is 0 Å². The number of amides is 1. The third-order valence-corrected chi connectivity index (χ3v) is 3.63. The average Bonchev–Trinajstić information content (AvgIpc) is 2.45. The quantitative estimate of drug-likeness (QED) is 0.897. The van der Waals surface area contributed by atoms with Crippen LogP contribution in [0.25, 0.3) is 10.9 Å². The summed E-state index contributed by atoms with van der Waals surface area (Å²) in [6, 6.07) is 5.83. The van der Waals surface area contributed by atoms with E-state index in [0.29, 0.717) is 12.2 Å². The van der Waals surface area contributed by atoms with Crippen LogP contribution in [0.2, 0.25) is 0 Å². The maximum Gasteiger partial charge on any atom is 0.239 e. The first-order chi connectivity index (χ1) is 9.56. The number of benzene rings is 1. The molecule has 5 nitrogen and oxygen atoms in total. The number of aromatic nitrogens is 1. The van der Waals surface area contributed by atoms with E-state index < -0.39 is 0 Å². The van der Waals surface area contributed by atoms with Crippen molar-refractivity contribution in [2.24, 2.45) is 0 Å². The molecule has 0 saturated carbocycles. The van der Waals surface area contributed by atoms with Crippen molar-refractivity contribution in [2.75, 3.05) is 30.8 Å². The molecular formula is C14H17BrN4O. The fourth-order valence-electron chi connectivity index (χ4n) is 2.12. The Hall–Kier alpha value is -1.82. The number of nitrogens with one attached hydrogen (secondary N) is 1. The molecular weight excluding hydrogens is 320 g/mol. The van der Waals surface area contributed by atoms with E-state index in [4.69, 9.17) is 5.73 Å². The molecule has 3 N–H and O–H groups in total. The number of likely N-dealkylation sites (N-methyl/N-ethyl adjacent to an activating group) is 2. The summed E-state index contributed by atoms with van der Waals surface area (Å²) in [5.74, 6) is -0.0498. The molecule has 0 aliphatic rings. The molecule has 0 unspecified atom stereocenters. The van der Waals surface area contributed by atoms with Crippen LogP contribution < -0.4 is 16.0 Å². The molecule has 2 rings (SSSR count). The lowest BCUT2D eigenvalue weighted by atomic mass is 10.1. The second kappa shape index (κ2) is 6.09. The molecule has 106 valence electrons. The summed E-state index contributed by atoms with van der Waals surface area (Å²) in [5.41, 5.74) is 8.35. The van der Waals surface area contributed by atoms with E-state index in [2.05, 4.69) is 26.2 Å². The zero-order valence-corrected chi connectivity index (χ0v) is 13.1. The smallest absolute Gasteiger partial charge is 0.239 e. The first-order valence-electron chi connectivity index (χ1n) is 6.36. The van der Waals surface area contributed by atoms with Crippen molar-refractivity contribution in [3.05, 3.63) is 28.9 Å². The molecule has 1 amide bonds. The standard InChI is InChI=1S/C14H17BrN4O/c1-3-19(8-13(20)17-2)14-10-6-9(15)4-5-12(10)18-7-11(14)16/h4-7H,3,8,16H2,1-2H3,(H,17,20). The summed E-state index contributed by atoms with van der Waals surface area (Å²) in [6.07, 6.45) is 1.64. The van der Waals surface area contributed by atoms with E-state index in [1.807, 2.05) is 30.0 Å². The van der Waals surface area contributed by atoms with Gasteiger partial charge in [-0.2, -0.15) is 0 Å². The highest BCUT2D eigenvalue weighted by Crippen LogP contribution is 2.33. The lowest BCUT2D eigenvalue weighted by Crippen LogP contribution is -2.36. The molecule has 1 aromatic carbocycles. The Bertz CT molecular complexity index is 639. The number of hydrogen-bond donors (Lipinski definition) is 2. The molecule has 0 bridgehead atoms. The van der Waals surface area contributed by atoms with Crippen LogP contribution in [0.5, 0.6) is 0 Å². The lowest BCUT2D eigenvalue weighted by Gasteiger charge is -2.25. The van der Waals surface area contributed by atoms with Gasteiger partial charge in [-0.3, -0.25) is 9.78 Å². The van der Waals surface area contributed by atoms with Gasteiger partial charge in [0.25, 0.3) is 0 Å². The van der Waals surface area contributed by atoms with Crippen LogP contribution in [-0.4, -0.2) is 31.0 Å². The topological polar surface area (TPSA) is 71.2 Å². The minimum absolute atomic E-state index is 0.0498. The predicted molar refractivity (Wildman–Crippen MR) is 85.8 cm³/mol. The Labute approximate surface area is 126 Å². The van der Waals surface area contributed by atoms with Gasteiger partial charge in [0.15, 0.2) is 0 Å². The number of rotatable bonds is 4. The van der Waals surface area contributed by atoms with Gasteiger partial charge in [-0.15, -0.1) is 0 Å². The molecule has 0 aliphatic carbocycles. The molecule has 0 spiro atoms. The summed E-state index contributed by atoms with van der Waals surface area (Å²) < 4.78 is 0.953. The summed E-state index contributed by atoms with van der Waals surface area (Å²) in [5, 5.41) is 3.57. The van der Waals surface area contributed by atoms with E-state index in [1.165, 1.54) is 0 Å². The number of nitrogens with two attached hydrogens (primary N) is 1. The van der Waals surface area contributed by atoms with E-state index in [9.17, 15) is 4.79 Å². The van der Waals surface area contributed by atoms with E-state index in [1.54, 1.807) is 13.2 Å². The van der Waals surface area contributed by atoms with E-state index in [-0.39, 0.29) is 12.5 Å². The van der Waals surface area contributed by atoms with Crippen molar-refractivity contribution in [2.45, 2.75) is 6.92 Å². The molecule has 2 aromatic rings. The number of hydrogen-bond acceptors (Lipinski definition) is 4. The fourth-order valence-corrected chi connectivity index (χ4v) is 2.48.